The molecule has 0 unspecified atom stereocenters. The van der Waals surface area contributed by atoms with Gasteiger partial charge in [-0.25, -0.2) is 0 Å². The number of allylic oxidation sites excluding steroid dienone is 1. The van der Waals surface area contributed by atoms with E-state index in [4.69, 9.17) is 4.74 Å². The van der Waals surface area contributed by atoms with E-state index in [-0.39, 0.29) is 18.3 Å². The van der Waals surface area contributed by atoms with Crippen LogP contribution in [0, 0.1) is 6.92 Å². The molecule has 0 heterocycles. The molecule has 0 aliphatic heterocycles. The molecule has 1 N–H and O–H groups in total. The lowest BCUT2D eigenvalue weighted by Gasteiger charge is -2.08. The summed E-state index contributed by atoms with van der Waals surface area (Å²) in [4.78, 5) is 25.6. The van der Waals surface area contributed by atoms with E-state index in [1.165, 1.54) is 4.90 Å². The van der Waals surface area contributed by atoms with Crippen molar-refractivity contribution in [3.8, 4) is 5.75 Å². The molecule has 1 amide bonds. The fourth-order valence-electron chi connectivity index (χ4n) is 2.75. The number of anilines is 1. The van der Waals surface area contributed by atoms with Crippen molar-refractivity contribution in [2.45, 2.75) is 11.8 Å². The quantitative estimate of drug-likeness (QED) is 0.293. The second-order valence-corrected chi connectivity index (χ2v) is 7.58. The molecular weight excluding hydrogens is 394 g/mol. The molecule has 3 rings (SSSR count). The van der Waals surface area contributed by atoms with E-state index < -0.39 is 0 Å². The lowest BCUT2D eigenvalue weighted by atomic mass is 10.1. The zero-order valence-electron chi connectivity index (χ0n) is 16.9. The molecule has 5 heteroatoms. The number of amides is 1. The Bertz CT molecular complexity index is 1040. The molecular formula is C25H23NO3S. The Labute approximate surface area is 181 Å². The van der Waals surface area contributed by atoms with Gasteiger partial charge in [0.25, 0.3) is 5.91 Å². The van der Waals surface area contributed by atoms with Crippen LogP contribution in [-0.2, 0) is 4.79 Å². The van der Waals surface area contributed by atoms with Crippen LogP contribution in [0.4, 0.5) is 5.69 Å². The molecule has 0 saturated heterocycles. The summed E-state index contributed by atoms with van der Waals surface area (Å²) in [6, 6.07) is 22.3. The lowest BCUT2D eigenvalue weighted by molar-refractivity contribution is -0.118. The number of ketones is 1. The van der Waals surface area contributed by atoms with Crippen LogP contribution in [0.15, 0.2) is 83.8 Å². The van der Waals surface area contributed by atoms with E-state index in [2.05, 4.69) is 5.32 Å². The highest BCUT2D eigenvalue weighted by molar-refractivity contribution is 7.98. The molecule has 0 aromatic heterocycles. The summed E-state index contributed by atoms with van der Waals surface area (Å²) in [6.07, 6.45) is 5.37. The average molecular weight is 418 g/mol. The van der Waals surface area contributed by atoms with Crippen LogP contribution in [-0.4, -0.2) is 24.6 Å². The topological polar surface area (TPSA) is 55.4 Å². The van der Waals surface area contributed by atoms with Crippen molar-refractivity contribution in [1.29, 1.82) is 0 Å². The molecule has 0 spiro atoms. The van der Waals surface area contributed by atoms with Crippen molar-refractivity contribution in [2.24, 2.45) is 0 Å². The summed E-state index contributed by atoms with van der Waals surface area (Å²) < 4.78 is 5.49. The molecule has 152 valence electrons. The van der Waals surface area contributed by atoms with Gasteiger partial charge in [0.05, 0.1) is 0 Å². The molecule has 3 aromatic carbocycles. The fourth-order valence-corrected chi connectivity index (χ4v) is 3.16. The number of carbonyl (C=O) groups is 2. The van der Waals surface area contributed by atoms with Gasteiger partial charge in [0.1, 0.15) is 5.75 Å². The van der Waals surface area contributed by atoms with Crippen LogP contribution < -0.4 is 10.1 Å². The average Bonchev–Trinajstić information content (AvgIpc) is 2.77. The number of nitrogens with one attached hydrogen (secondary N) is 1. The largest absolute Gasteiger partial charge is 0.484 e. The SMILES string of the molecule is CSc1ccc(C=CC(=O)c2ccc(NC(=O)COc3cccc(C)c3)cc2)cc1. The third-order valence-corrected chi connectivity index (χ3v) is 5.10. The zero-order valence-corrected chi connectivity index (χ0v) is 17.7. The first-order chi connectivity index (χ1) is 14.5. The molecule has 0 saturated carbocycles. The third-order valence-electron chi connectivity index (χ3n) is 4.36. The molecule has 0 aliphatic rings. The maximum absolute atomic E-state index is 12.4. The van der Waals surface area contributed by atoms with E-state index >= 15 is 0 Å². The Morgan fingerprint density at radius 1 is 1.00 bits per heavy atom. The maximum atomic E-state index is 12.4. The number of hydrogen-bond acceptors (Lipinski definition) is 4. The van der Waals surface area contributed by atoms with Crippen molar-refractivity contribution < 1.29 is 14.3 Å². The summed E-state index contributed by atoms with van der Waals surface area (Å²) >= 11 is 1.68. The number of ether oxygens (including phenoxy) is 1. The zero-order chi connectivity index (χ0) is 21.3. The van der Waals surface area contributed by atoms with Crippen molar-refractivity contribution in [3.63, 3.8) is 0 Å². The number of thioether (sulfide) groups is 1. The smallest absolute Gasteiger partial charge is 0.262 e. The second-order valence-electron chi connectivity index (χ2n) is 6.70. The normalized spacial score (nSPS) is 10.7. The van der Waals surface area contributed by atoms with Gasteiger partial charge in [-0.3, -0.25) is 9.59 Å². The van der Waals surface area contributed by atoms with Crippen molar-refractivity contribution in [1.82, 2.24) is 0 Å². The third kappa shape index (κ3) is 6.36. The number of rotatable bonds is 8. The van der Waals surface area contributed by atoms with Gasteiger partial charge in [-0.15, -0.1) is 11.8 Å². The van der Waals surface area contributed by atoms with Gasteiger partial charge in [-0.05, 0) is 78.9 Å². The molecule has 3 aromatic rings. The highest BCUT2D eigenvalue weighted by Crippen LogP contribution is 2.16. The number of carbonyl (C=O) groups excluding carboxylic acids is 2. The Morgan fingerprint density at radius 2 is 1.73 bits per heavy atom. The highest BCUT2D eigenvalue weighted by atomic mass is 32.2. The van der Waals surface area contributed by atoms with Crippen LogP contribution >= 0.6 is 11.8 Å². The van der Waals surface area contributed by atoms with Gasteiger partial charge in [-0.2, -0.15) is 0 Å². The van der Waals surface area contributed by atoms with Crippen LogP contribution in [0.1, 0.15) is 21.5 Å². The van der Waals surface area contributed by atoms with Gasteiger partial charge in [0.15, 0.2) is 12.4 Å². The monoisotopic (exact) mass is 417 g/mol. The summed E-state index contributed by atoms with van der Waals surface area (Å²) in [7, 11) is 0. The highest BCUT2D eigenvalue weighted by Gasteiger charge is 2.06. The number of aryl methyl sites for hydroxylation is 1. The first kappa shape index (κ1) is 21.4. The first-order valence-electron chi connectivity index (χ1n) is 9.49. The predicted octanol–water partition coefficient (Wildman–Crippen LogP) is 5.63. The van der Waals surface area contributed by atoms with Crippen molar-refractivity contribution >= 4 is 35.2 Å². The maximum Gasteiger partial charge on any atom is 0.262 e. The van der Waals surface area contributed by atoms with Gasteiger partial charge in [0, 0.05) is 16.1 Å². The van der Waals surface area contributed by atoms with E-state index in [0.29, 0.717) is 17.0 Å². The van der Waals surface area contributed by atoms with Crippen molar-refractivity contribution in [2.75, 3.05) is 18.2 Å². The molecule has 30 heavy (non-hydrogen) atoms. The first-order valence-corrected chi connectivity index (χ1v) is 10.7. The Kier molecular flexibility index (Phi) is 7.46. The number of hydrogen-bond donors (Lipinski definition) is 1. The van der Waals surface area contributed by atoms with Crippen LogP contribution in [0.5, 0.6) is 5.75 Å². The van der Waals surface area contributed by atoms with E-state index in [0.717, 1.165) is 11.1 Å². The lowest BCUT2D eigenvalue weighted by Crippen LogP contribution is -2.20. The molecule has 0 atom stereocenters. The van der Waals surface area contributed by atoms with Gasteiger partial charge in [0.2, 0.25) is 0 Å². The summed E-state index contributed by atoms with van der Waals surface area (Å²) in [5.74, 6) is 0.301. The Hall–Kier alpha value is -3.31. The molecule has 0 fully saturated rings. The van der Waals surface area contributed by atoms with E-state index in [1.807, 2.05) is 61.7 Å². The Morgan fingerprint density at radius 3 is 2.40 bits per heavy atom. The van der Waals surface area contributed by atoms with Gasteiger partial charge < -0.3 is 10.1 Å². The number of benzene rings is 3. The molecule has 0 bridgehead atoms. The second kappa shape index (κ2) is 10.5. The standard InChI is InChI=1S/C25H23NO3S/c1-18-4-3-5-22(16-18)29-17-25(28)26-21-11-9-20(10-12-21)24(27)15-8-19-6-13-23(30-2)14-7-19/h3-16H,17H2,1-2H3,(H,26,28). The van der Waals surface area contributed by atoms with Crippen LogP contribution in [0.2, 0.25) is 0 Å². The van der Waals surface area contributed by atoms with Gasteiger partial charge in [-0.1, -0.05) is 30.3 Å². The van der Waals surface area contributed by atoms with Crippen LogP contribution in [0.25, 0.3) is 6.08 Å². The minimum Gasteiger partial charge on any atom is -0.484 e. The minimum absolute atomic E-state index is 0.0811. The molecule has 0 aliphatic carbocycles. The molecule has 4 nitrogen and oxygen atoms in total. The minimum atomic E-state index is -0.260. The Balaban J connectivity index is 1.52. The summed E-state index contributed by atoms with van der Waals surface area (Å²) in [6.45, 7) is 1.88. The fraction of sp³-hybridized carbons (Fsp3) is 0.120. The van der Waals surface area contributed by atoms with E-state index in [9.17, 15) is 9.59 Å². The van der Waals surface area contributed by atoms with Crippen LogP contribution in [0.3, 0.4) is 0 Å². The predicted molar refractivity (Wildman–Crippen MR) is 123 cm³/mol. The van der Waals surface area contributed by atoms with Crippen molar-refractivity contribution in [3.05, 3.63) is 95.6 Å². The van der Waals surface area contributed by atoms with E-state index in [1.54, 1.807) is 48.2 Å². The summed E-state index contributed by atoms with van der Waals surface area (Å²) in [5, 5.41) is 2.77. The van der Waals surface area contributed by atoms with Gasteiger partial charge >= 0.3 is 0 Å². The molecule has 0 radical (unpaired) electrons. The summed E-state index contributed by atoms with van der Waals surface area (Å²) in [5.41, 5.74) is 3.21.